The quantitative estimate of drug-likeness (QED) is 0.570. The van der Waals surface area contributed by atoms with Crippen LogP contribution in [-0.2, 0) is 0 Å². The molecule has 1 aromatic heterocycles. The first-order valence-corrected chi connectivity index (χ1v) is 11.0. The molecule has 0 N–H and O–H groups in total. The Morgan fingerprint density at radius 2 is 1.70 bits per heavy atom. The zero-order valence-corrected chi connectivity index (χ0v) is 18.8. The van der Waals surface area contributed by atoms with Crippen LogP contribution in [0, 0.1) is 20.8 Å². The number of hydrogen-bond donors (Lipinski definition) is 0. The standard InChI is InChI=1S/C25H24N4O4/c1-14-4-5-15(2)21(12-14)29-24(31)19-7-6-18(13-20(19)25(29)32)23(30)28-10-8-17(9-11-28)22-26-16(3)27-33-22/h4-7,12-13,17H,8-11H2,1-3H3. The average Bonchev–Trinajstić information content (AvgIpc) is 3.36. The number of carbonyl (C=O) groups excluding carboxylic acids is 3. The van der Waals surface area contributed by atoms with Crippen LogP contribution >= 0.6 is 0 Å². The van der Waals surface area contributed by atoms with E-state index in [2.05, 4.69) is 10.1 Å². The van der Waals surface area contributed by atoms with E-state index in [1.807, 2.05) is 32.0 Å². The number of piperidine rings is 1. The number of hydrogen-bond acceptors (Lipinski definition) is 6. The van der Waals surface area contributed by atoms with Crippen molar-refractivity contribution < 1.29 is 18.9 Å². The van der Waals surface area contributed by atoms with E-state index >= 15 is 0 Å². The molecule has 0 bridgehead atoms. The van der Waals surface area contributed by atoms with Gasteiger partial charge < -0.3 is 9.42 Å². The van der Waals surface area contributed by atoms with Gasteiger partial charge in [-0.3, -0.25) is 14.4 Å². The summed E-state index contributed by atoms with van der Waals surface area (Å²) in [6.45, 7) is 6.69. The summed E-state index contributed by atoms with van der Waals surface area (Å²) in [6.07, 6.45) is 1.46. The lowest BCUT2D eigenvalue weighted by Crippen LogP contribution is -2.38. The number of nitrogens with zero attached hydrogens (tertiary/aromatic N) is 4. The van der Waals surface area contributed by atoms with Crippen LogP contribution in [0.3, 0.4) is 0 Å². The molecule has 0 spiro atoms. The predicted octanol–water partition coefficient (Wildman–Crippen LogP) is 3.82. The number of aryl methyl sites for hydroxylation is 3. The van der Waals surface area contributed by atoms with Crippen LogP contribution in [0.1, 0.15) is 72.7 Å². The number of imide groups is 1. The van der Waals surface area contributed by atoms with Crippen LogP contribution in [0.2, 0.25) is 0 Å². The summed E-state index contributed by atoms with van der Waals surface area (Å²) in [7, 11) is 0. The lowest BCUT2D eigenvalue weighted by Gasteiger charge is -2.30. The molecule has 2 aliphatic heterocycles. The van der Waals surface area contributed by atoms with Gasteiger partial charge in [0.15, 0.2) is 5.82 Å². The van der Waals surface area contributed by atoms with E-state index in [0.717, 1.165) is 24.0 Å². The van der Waals surface area contributed by atoms with Crippen molar-refractivity contribution in [1.82, 2.24) is 15.0 Å². The Kier molecular flexibility index (Phi) is 5.08. The predicted molar refractivity (Wildman–Crippen MR) is 120 cm³/mol. The van der Waals surface area contributed by atoms with E-state index in [9.17, 15) is 14.4 Å². The van der Waals surface area contributed by atoms with Crippen molar-refractivity contribution in [3.63, 3.8) is 0 Å². The highest BCUT2D eigenvalue weighted by atomic mass is 16.5. The van der Waals surface area contributed by atoms with Gasteiger partial charge in [0.1, 0.15) is 0 Å². The number of aromatic nitrogens is 2. The van der Waals surface area contributed by atoms with Crippen LogP contribution in [0.25, 0.3) is 0 Å². The summed E-state index contributed by atoms with van der Waals surface area (Å²) in [5, 5.41) is 3.85. The van der Waals surface area contributed by atoms with Gasteiger partial charge in [0.25, 0.3) is 17.7 Å². The SMILES string of the molecule is Cc1ccc(C)c(N2C(=O)c3ccc(C(=O)N4CCC(c5nc(C)no5)CC4)cc3C2=O)c1. The number of fused-ring (bicyclic) bond motifs is 1. The van der Waals surface area contributed by atoms with Gasteiger partial charge in [-0.15, -0.1) is 0 Å². The molecule has 33 heavy (non-hydrogen) atoms. The molecular weight excluding hydrogens is 420 g/mol. The molecule has 2 aliphatic rings. The number of amides is 3. The smallest absolute Gasteiger partial charge is 0.266 e. The molecule has 2 aromatic carbocycles. The van der Waals surface area contributed by atoms with E-state index in [1.54, 1.807) is 30.0 Å². The van der Waals surface area contributed by atoms with Gasteiger partial charge in [0.05, 0.1) is 16.8 Å². The lowest BCUT2D eigenvalue weighted by atomic mass is 9.96. The van der Waals surface area contributed by atoms with E-state index in [-0.39, 0.29) is 23.3 Å². The van der Waals surface area contributed by atoms with Crippen molar-refractivity contribution in [2.75, 3.05) is 18.0 Å². The van der Waals surface area contributed by atoms with Crippen LogP contribution < -0.4 is 4.90 Å². The molecule has 0 atom stereocenters. The fourth-order valence-electron chi connectivity index (χ4n) is 4.54. The highest BCUT2D eigenvalue weighted by molar-refractivity contribution is 6.35. The van der Waals surface area contributed by atoms with Crippen molar-refractivity contribution in [2.45, 2.75) is 39.5 Å². The Morgan fingerprint density at radius 3 is 2.39 bits per heavy atom. The van der Waals surface area contributed by atoms with Crippen LogP contribution in [0.4, 0.5) is 5.69 Å². The molecule has 0 radical (unpaired) electrons. The second kappa shape index (κ2) is 7.95. The van der Waals surface area contributed by atoms with Crippen molar-refractivity contribution in [1.29, 1.82) is 0 Å². The maximum atomic E-state index is 13.2. The molecule has 3 aromatic rings. The molecule has 0 unspecified atom stereocenters. The monoisotopic (exact) mass is 444 g/mol. The third kappa shape index (κ3) is 3.61. The Labute approximate surface area is 191 Å². The zero-order chi connectivity index (χ0) is 23.3. The van der Waals surface area contributed by atoms with Gasteiger partial charge in [-0.05, 0) is 69.0 Å². The number of carbonyl (C=O) groups is 3. The Morgan fingerprint density at radius 1 is 0.970 bits per heavy atom. The minimum Gasteiger partial charge on any atom is -0.339 e. The molecule has 1 saturated heterocycles. The Hall–Kier alpha value is -3.81. The number of likely N-dealkylation sites (tertiary alicyclic amines) is 1. The molecule has 8 heteroatoms. The van der Waals surface area contributed by atoms with Gasteiger partial charge in [0, 0.05) is 24.6 Å². The van der Waals surface area contributed by atoms with Crippen LogP contribution in [-0.4, -0.2) is 45.9 Å². The van der Waals surface area contributed by atoms with Crippen molar-refractivity contribution in [2.24, 2.45) is 0 Å². The summed E-state index contributed by atoms with van der Waals surface area (Å²) in [4.78, 5) is 46.6. The highest BCUT2D eigenvalue weighted by Gasteiger charge is 2.38. The minimum absolute atomic E-state index is 0.139. The van der Waals surface area contributed by atoms with E-state index in [0.29, 0.717) is 41.6 Å². The van der Waals surface area contributed by atoms with Crippen molar-refractivity contribution in [3.05, 3.63) is 75.9 Å². The first-order valence-electron chi connectivity index (χ1n) is 11.0. The molecule has 1 fully saturated rings. The third-order valence-electron chi connectivity index (χ3n) is 6.41. The van der Waals surface area contributed by atoms with Crippen LogP contribution in [0.5, 0.6) is 0 Å². The van der Waals surface area contributed by atoms with Gasteiger partial charge in [0.2, 0.25) is 5.89 Å². The van der Waals surface area contributed by atoms with E-state index in [4.69, 9.17) is 4.52 Å². The molecule has 0 aliphatic carbocycles. The third-order valence-corrected chi connectivity index (χ3v) is 6.41. The van der Waals surface area contributed by atoms with Crippen molar-refractivity contribution >= 4 is 23.4 Å². The lowest BCUT2D eigenvalue weighted by molar-refractivity contribution is 0.0704. The van der Waals surface area contributed by atoms with Gasteiger partial charge >= 0.3 is 0 Å². The summed E-state index contributed by atoms with van der Waals surface area (Å²) in [5.41, 5.74) is 3.37. The molecule has 168 valence electrons. The topological polar surface area (TPSA) is 96.6 Å². The first-order chi connectivity index (χ1) is 15.8. The summed E-state index contributed by atoms with van der Waals surface area (Å²) in [5.74, 6) is 0.453. The summed E-state index contributed by atoms with van der Waals surface area (Å²) >= 11 is 0. The maximum Gasteiger partial charge on any atom is 0.266 e. The zero-order valence-electron chi connectivity index (χ0n) is 18.8. The normalized spacial score (nSPS) is 16.5. The fourth-order valence-corrected chi connectivity index (χ4v) is 4.54. The fraction of sp³-hybridized carbons (Fsp3) is 0.320. The van der Waals surface area contributed by atoms with Gasteiger partial charge in [-0.25, -0.2) is 4.90 Å². The molecule has 0 saturated carbocycles. The largest absolute Gasteiger partial charge is 0.339 e. The van der Waals surface area contributed by atoms with Crippen LogP contribution in [0.15, 0.2) is 40.9 Å². The summed E-state index contributed by atoms with van der Waals surface area (Å²) < 4.78 is 5.28. The Balaban J connectivity index is 1.35. The van der Waals surface area contributed by atoms with E-state index in [1.165, 1.54) is 4.90 Å². The Bertz CT molecular complexity index is 1290. The number of anilines is 1. The molecule has 5 rings (SSSR count). The maximum absolute atomic E-state index is 13.2. The average molecular weight is 444 g/mol. The number of rotatable bonds is 3. The number of benzene rings is 2. The molecule has 3 amide bonds. The van der Waals surface area contributed by atoms with E-state index < -0.39 is 5.91 Å². The summed E-state index contributed by atoms with van der Waals surface area (Å²) in [6, 6.07) is 10.4. The van der Waals surface area contributed by atoms with Gasteiger partial charge in [-0.1, -0.05) is 17.3 Å². The first kappa shape index (κ1) is 21.1. The van der Waals surface area contributed by atoms with Gasteiger partial charge in [-0.2, -0.15) is 4.98 Å². The minimum atomic E-state index is -0.399. The van der Waals surface area contributed by atoms with Crippen molar-refractivity contribution in [3.8, 4) is 0 Å². The molecule has 8 nitrogen and oxygen atoms in total. The molecular formula is C25H24N4O4. The second-order valence-electron chi connectivity index (χ2n) is 8.74. The second-order valence-corrected chi connectivity index (χ2v) is 8.74. The highest BCUT2D eigenvalue weighted by Crippen LogP contribution is 2.33. The molecule has 3 heterocycles.